The monoisotopic (exact) mass is 562 g/mol. The van der Waals surface area contributed by atoms with Crippen molar-refractivity contribution in [1.82, 2.24) is 29.5 Å². The van der Waals surface area contributed by atoms with Crippen LogP contribution in [0, 0.1) is 18.2 Å². The van der Waals surface area contributed by atoms with Crippen LogP contribution in [0.2, 0.25) is 0 Å². The van der Waals surface area contributed by atoms with Crippen molar-refractivity contribution < 1.29 is 9.13 Å². The lowest BCUT2D eigenvalue weighted by molar-refractivity contribution is 0.321. The summed E-state index contributed by atoms with van der Waals surface area (Å²) in [5.41, 5.74) is 6.51. The van der Waals surface area contributed by atoms with Gasteiger partial charge in [-0.15, -0.1) is 11.3 Å². The third-order valence-corrected chi connectivity index (χ3v) is 7.43. The second-order valence-electron chi connectivity index (χ2n) is 10.9. The SMILES string of the molecule is CCNC.Cc1c(CCOc2c(-c3ccc4nccn4c3)ccc(F)c2-c2nccs2)c(CC(C)(C)C)nn1C. The molecule has 0 aliphatic heterocycles. The van der Waals surface area contributed by atoms with Crippen LogP contribution in [0.1, 0.15) is 44.6 Å². The van der Waals surface area contributed by atoms with Gasteiger partial charge in [0.05, 0.1) is 17.9 Å². The van der Waals surface area contributed by atoms with Gasteiger partial charge in [0, 0.05) is 60.5 Å². The van der Waals surface area contributed by atoms with Gasteiger partial charge in [0.15, 0.2) is 0 Å². The summed E-state index contributed by atoms with van der Waals surface area (Å²) in [4.78, 5) is 8.72. The normalized spacial score (nSPS) is 11.5. The fourth-order valence-electron chi connectivity index (χ4n) is 4.51. The molecule has 5 aromatic rings. The molecule has 1 aromatic carbocycles. The Kier molecular flexibility index (Phi) is 9.37. The number of aryl methyl sites for hydroxylation is 1. The maximum atomic E-state index is 15.2. The molecule has 0 saturated heterocycles. The van der Waals surface area contributed by atoms with Gasteiger partial charge in [-0.05, 0) is 62.2 Å². The van der Waals surface area contributed by atoms with Crippen molar-refractivity contribution in [2.75, 3.05) is 20.2 Å². The van der Waals surface area contributed by atoms with Gasteiger partial charge in [0.1, 0.15) is 22.2 Å². The number of nitrogens with one attached hydrogen (secondary N) is 1. The minimum absolute atomic E-state index is 0.121. The molecule has 0 aliphatic rings. The number of nitrogens with zero attached hydrogens (tertiary/aromatic N) is 5. The molecule has 0 spiro atoms. The van der Waals surface area contributed by atoms with Crippen LogP contribution in [0.25, 0.3) is 27.3 Å². The lowest BCUT2D eigenvalue weighted by Crippen LogP contribution is -2.12. The lowest BCUT2D eigenvalue weighted by atomic mass is 9.88. The number of hydrogen-bond donors (Lipinski definition) is 1. The van der Waals surface area contributed by atoms with Crippen molar-refractivity contribution in [1.29, 1.82) is 0 Å². The Morgan fingerprint density at radius 1 is 1.10 bits per heavy atom. The number of halogens is 1. The van der Waals surface area contributed by atoms with E-state index in [0.717, 1.165) is 41.1 Å². The van der Waals surface area contributed by atoms with Crippen LogP contribution in [-0.4, -0.2) is 44.3 Å². The van der Waals surface area contributed by atoms with Gasteiger partial charge < -0.3 is 14.5 Å². The highest BCUT2D eigenvalue weighted by atomic mass is 32.1. The van der Waals surface area contributed by atoms with Gasteiger partial charge in [-0.2, -0.15) is 5.10 Å². The van der Waals surface area contributed by atoms with Crippen LogP contribution in [-0.2, 0) is 19.9 Å². The molecule has 7 nitrogen and oxygen atoms in total. The van der Waals surface area contributed by atoms with E-state index in [9.17, 15) is 0 Å². The van der Waals surface area contributed by atoms with E-state index in [4.69, 9.17) is 9.84 Å². The quantitative estimate of drug-likeness (QED) is 0.227. The Hall–Kier alpha value is -3.56. The zero-order valence-electron chi connectivity index (χ0n) is 24.5. The zero-order chi connectivity index (χ0) is 28.9. The maximum Gasteiger partial charge on any atom is 0.140 e. The van der Waals surface area contributed by atoms with E-state index in [1.165, 1.54) is 23.0 Å². The molecule has 0 atom stereocenters. The smallest absolute Gasteiger partial charge is 0.140 e. The third kappa shape index (κ3) is 6.77. The summed E-state index contributed by atoms with van der Waals surface area (Å²) >= 11 is 1.40. The first-order valence-electron chi connectivity index (χ1n) is 13.6. The maximum absolute atomic E-state index is 15.2. The van der Waals surface area contributed by atoms with Gasteiger partial charge in [-0.25, -0.2) is 14.4 Å². The molecule has 0 saturated carbocycles. The molecule has 4 heterocycles. The van der Waals surface area contributed by atoms with Gasteiger partial charge >= 0.3 is 0 Å². The predicted octanol–water partition coefficient (Wildman–Crippen LogP) is 6.74. The van der Waals surface area contributed by atoms with E-state index in [1.807, 2.05) is 53.1 Å². The number of benzene rings is 1. The first-order valence-corrected chi connectivity index (χ1v) is 14.4. The van der Waals surface area contributed by atoms with Crippen molar-refractivity contribution in [2.45, 2.75) is 47.5 Å². The molecular weight excluding hydrogens is 523 g/mol. The number of aromatic nitrogens is 5. The topological polar surface area (TPSA) is 69.3 Å². The second kappa shape index (κ2) is 12.7. The molecule has 212 valence electrons. The van der Waals surface area contributed by atoms with Crippen LogP contribution in [0.4, 0.5) is 4.39 Å². The standard InChI is InChI=1S/C28H30FN5OS.C3H9N/c1-18-20(23(32-33(18)5)16-28(2,3)4)10-14-35-26-21(19-6-9-24-30-11-13-34(24)17-19)7-8-22(29)25(26)27-31-12-15-36-27;1-3-4-2/h6-9,11-13,15,17H,10,14,16H2,1-5H3;4H,3H2,1-2H3. The van der Waals surface area contributed by atoms with Crippen molar-refractivity contribution in [3.05, 3.63) is 77.2 Å². The summed E-state index contributed by atoms with van der Waals surface area (Å²) in [5, 5.41) is 10.1. The Morgan fingerprint density at radius 2 is 1.88 bits per heavy atom. The molecule has 40 heavy (non-hydrogen) atoms. The van der Waals surface area contributed by atoms with Crippen molar-refractivity contribution >= 4 is 17.0 Å². The van der Waals surface area contributed by atoms with E-state index in [2.05, 4.69) is 49.9 Å². The minimum atomic E-state index is -0.349. The number of hydrogen-bond acceptors (Lipinski definition) is 6. The average Bonchev–Trinajstić information content (AvgIpc) is 3.66. The van der Waals surface area contributed by atoms with Crippen LogP contribution in [0.5, 0.6) is 5.75 Å². The highest BCUT2D eigenvalue weighted by Crippen LogP contribution is 2.42. The summed E-state index contributed by atoms with van der Waals surface area (Å²) in [6, 6.07) is 7.20. The number of rotatable bonds is 8. The summed E-state index contributed by atoms with van der Waals surface area (Å²) < 4.78 is 25.6. The van der Waals surface area contributed by atoms with Crippen LogP contribution in [0.15, 0.2) is 54.4 Å². The summed E-state index contributed by atoms with van der Waals surface area (Å²) in [6.45, 7) is 12.3. The van der Waals surface area contributed by atoms with Gasteiger partial charge in [-0.3, -0.25) is 4.68 Å². The number of imidazole rings is 1. The predicted molar refractivity (Wildman–Crippen MR) is 162 cm³/mol. The van der Waals surface area contributed by atoms with Crippen LogP contribution in [0.3, 0.4) is 0 Å². The molecule has 0 unspecified atom stereocenters. The molecule has 5 rings (SSSR count). The zero-order valence-corrected chi connectivity index (χ0v) is 25.3. The minimum Gasteiger partial charge on any atom is -0.492 e. The first-order chi connectivity index (χ1) is 19.1. The van der Waals surface area contributed by atoms with E-state index in [0.29, 0.717) is 29.3 Å². The summed E-state index contributed by atoms with van der Waals surface area (Å²) in [6.07, 6.45) is 8.88. The van der Waals surface area contributed by atoms with Crippen LogP contribution < -0.4 is 10.1 Å². The molecule has 1 N–H and O–H groups in total. The average molecular weight is 563 g/mol. The molecule has 0 radical (unpaired) electrons. The molecule has 0 fully saturated rings. The fourth-order valence-corrected chi connectivity index (χ4v) is 5.19. The second-order valence-corrected chi connectivity index (χ2v) is 11.8. The molecule has 0 amide bonds. The highest BCUT2D eigenvalue weighted by molar-refractivity contribution is 7.13. The van der Waals surface area contributed by atoms with Crippen LogP contribution >= 0.6 is 11.3 Å². The van der Waals surface area contributed by atoms with Crippen molar-refractivity contribution in [2.24, 2.45) is 12.5 Å². The largest absolute Gasteiger partial charge is 0.492 e. The number of ether oxygens (including phenoxy) is 1. The molecular formula is C31H39FN6OS. The number of pyridine rings is 1. The number of thiazole rings is 1. The van der Waals surface area contributed by atoms with Gasteiger partial charge in [-0.1, -0.05) is 27.7 Å². The third-order valence-electron chi connectivity index (χ3n) is 6.64. The highest BCUT2D eigenvalue weighted by Gasteiger charge is 2.22. The lowest BCUT2D eigenvalue weighted by Gasteiger charge is -2.18. The summed E-state index contributed by atoms with van der Waals surface area (Å²) in [7, 11) is 3.91. The van der Waals surface area contributed by atoms with Gasteiger partial charge in [0.2, 0.25) is 0 Å². The van der Waals surface area contributed by atoms with E-state index in [1.54, 1.807) is 18.5 Å². The molecule has 0 aliphatic carbocycles. The summed E-state index contributed by atoms with van der Waals surface area (Å²) in [5.74, 6) is 0.154. The van der Waals surface area contributed by atoms with E-state index >= 15 is 4.39 Å². The van der Waals surface area contributed by atoms with E-state index < -0.39 is 0 Å². The van der Waals surface area contributed by atoms with Gasteiger partial charge in [0.25, 0.3) is 0 Å². The Bertz CT molecular complexity index is 1550. The Morgan fingerprint density at radius 3 is 2.55 bits per heavy atom. The van der Waals surface area contributed by atoms with Crippen molar-refractivity contribution in [3.8, 4) is 27.4 Å². The molecule has 4 aromatic heterocycles. The Labute approximate surface area is 240 Å². The van der Waals surface area contributed by atoms with E-state index in [-0.39, 0.29) is 11.2 Å². The molecule has 9 heteroatoms. The van der Waals surface area contributed by atoms with Crippen molar-refractivity contribution in [3.63, 3.8) is 0 Å². The number of fused-ring (bicyclic) bond motifs is 1. The fraction of sp³-hybridized carbons (Fsp3) is 0.387. The first kappa shape index (κ1) is 29.4. The molecule has 0 bridgehead atoms. The Balaban J connectivity index is 0.000000867.